The summed E-state index contributed by atoms with van der Waals surface area (Å²) in [6, 6.07) is 12.0. The van der Waals surface area contributed by atoms with Gasteiger partial charge in [-0.15, -0.1) is 0 Å². The van der Waals surface area contributed by atoms with Gasteiger partial charge in [0.15, 0.2) is 0 Å². The van der Waals surface area contributed by atoms with Crippen LogP contribution in [0.25, 0.3) is 26.9 Å². The predicted octanol–water partition coefficient (Wildman–Crippen LogP) is 3.77. The van der Waals surface area contributed by atoms with Crippen LogP contribution in [0, 0.1) is 12.4 Å². The van der Waals surface area contributed by atoms with E-state index < -0.39 is 17.5 Å². The standard InChI is InChI=1S/C23H18FN3O2/c1-25-23(8-9-23)15-4-2-14(3-5-15)21-18-10-16(24)6-7-20(18)26-11-19(21)22(29)27-12-17(28)13-27/h2-7,10-11,17,28H,8-9,12-13H2. The quantitative estimate of drug-likeness (QED) is 0.696. The van der Waals surface area contributed by atoms with Gasteiger partial charge in [-0.1, -0.05) is 24.3 Å². The topological polar surface area (TPSA) is 57.8 Å². The number of aliphatic hydroxyl groups is 1. The Morgan fingerprint density at radius 3 is 2.55 bits per heavy atom. The number of carbonyl (C=O) groups is 1. The molecule has 0 atom stereocenters. The fraction of sp³-hybridized carbons (Fsp3) is 0.261. The summed E-state index contributed by atoms with van der Waals surface area (Å²) in [5, 5.41) is 10.1. The number of pyridine rings is 1. The third-order valence-corrected chi connectivity index (χ3v) is 5.86. The van der Waals surface area contributed by atoms with E-state index in [1.165, 1.54) is 18.3 Å². The van der Waals surface area contributed by atoms with Crippen molar-refractivity contribution in [2.75, 3.05) is 13.1 Å². The maximum atomic E-state index is 14.0. The minimum Gasteiger partial charge on any atom is -0.389 e. The molecule has 0 spiro atoms. The summed E-state index contributed by atoms with van der Waals surface area (Å²) in [5.41, 5.74) is 2.95. The van der Waals surface area contributed by atoms with Crippen molar-refractivity contribution in [3.05, 3.63) is 77.0 Å². The summed E-state index contributed by atoms with van der Waals surface area (Å²) in [6.45, 7) is 8.01. The van der Waals surface area contributed by atoms with E-state index in [0.29, 0.717) is 22.0 Å². The highest BCUT2D eigenvalue weighted by Gasteiger charge is 2.52. The van der Waals surface area contributed by atoms with Crippen molar-refractivity contribution in [2.45, 2.75) is 24.5 Å². The third-order valence-electron chi connectivity index (χ3n) is 5.86. The molecule has 1 N–H and O–H groups in total. The zero-order valence-electron chi connectivity index (χ0n) is 15.6. The summed E-state index contributed by atoms with van der Waals surface area (Å²) in [7, 11) is 0. The van der Waals surface area contributed by atoms with Gasteiger partial charge in [0.05, 0.1) is 17.2 Å². The number of aliphatic hydroxyl groups excluding tert-OH is 1. The van der Waals surface area contributed by atoms with E-state index in [4.69, 9.17) is 6.57 Å². The number of nitrogens with zero attached hydrogens (tertiary/aromatic N) is 3. The molecule has 6 heteroatoms. The lowest BCUT2D eigenvalue weighted by molar-refractivity contribution is 0.00593. The van der Waals surface area contributed by atoms with Crippen LogP contribution in [0.4, 0.5) is 4.39 Å². The Balaban J connectivity index is 1.66. The van der Waals surface area contributed by atoms with Crippen LogP contribution in [0.15, 0.2) is 48.7 Å². The predicted molar refractivity (Wildman–Crippen MR) is 107 cm³/mol. The van der Waals surface area contributed by atoms with E-state index in [9.17, 15) is 14.3 Å². The van der Waals surface area contributed by atoms with E-state index in [1.54, 1.807) is 11.0 Å². The van der Waals surface area contributed by atoms with E-state index in [1.807, 2.05) is 24.3 Å². The molecule has 2 aliphatic rings. The van der Waals surface area contributed by atoms with Crippen molar-refractivity contribution in [1.82, 2.24) is 9.88 Å². The van der Waals surface area contributed by atoms with Gasteiger partial charge in [0, 0.05) is 48.6 Å². The number of fused-ring (bicyclic) bond motifs is 1. The SMILES string of the molecule is [C-]#[N+]C1(c2ccc(-c3c(C(=O)N4CC(O)C4)cnc4ccc(F)cc34)cc2)CC1. The van der Waals surface area contributed by atoms with Crippen LogP contribution in [0.5, 0.6) is 0 Å². The number of amides is 1. The summed E-state index contributed by atoms with van der Waals surface area (Å²) < 4.78 is 14.0. The van der Waals surface area contributed by atoms with Gasteiger partial charge in [-0.25, -0.2) is 11.0 Å². The number of carbonyl (C=O) groups excluding carboxylic acids is 1. The molecule has 1 saturated heterocycles. The molecule has 1 amide bonds. The normalized spacial score (nSPS) is 17.6. The Kier molecular flexibility index (Phi) is 3.90. The Morgan fingerprint density at radius 2 is 1.93 bits per heavy atom. The first-order valence-corrected chi connectivity index (χ1v) is 9.56. The summed E-state index contributed by atoms with van der Waals surface area (Å²) in [6.07, 6.45) is 2.74. The van der Waals surface area contributed by atoms with Gasteiger partial charge in [0.2, 0.25) is 0 Å². The molecule has 2 heterocycles. The van der Waals surface area contributed by atoms with Crippen LogP contribution in [-0.4, -0.2) is 40.1 Å². The maximum Gasteiger partial charge on any atom is 0.258 e. The maximum absolute atomic E-state index is 14.0. The van der Waals surface area contributed by atoms with Gasteiger partial charge in [-0.05, 0) is 23.8 Å². The second kappa shape index (κ2) is 6.36. The molecule has 0 bridgehead atoms. The average molecular weight is 387 g/mol. The molecule has 144 valence electrons. The van der Waals surface area contributed by atoms with E-state index >= 15 is 0 Å². The first-order valence-electron chi connectivity index (χ1n) is 9.56. The molecule has 0 radical (unpaired) electrons. The van der Waals surface area contributed by atoms with E-state index in [-0.39, 0.29) is 19.0 Å². The number of β-amino-alcohol motifs (C(OH)–C–C–N with tert-alkyl or cyclic N) is 1. The molecule has 1 aliphatic carbocycles. The number of hydrogen-bond acceptors (Lipinski definition) is 3. The van der Waals surface area contributed by atoms with Crippen LogP contribution in [0.3, 0.4) is 0 Å². The number of rotatable bonds is 3. The lowest BCUT2D eigenvalue weighted by Crippen LogP contribution is -2.53. The lowest BCUT2D eigenvalue weighted by atomic mass is 9.93. The van der Waals surface area contributed by atoms with Crippen LogP contribution in [-0.2, 0) is 5.54 Å². The fourth-order valence-corrected chi connectivity index (χ4v) is 3.96. The molecular weight excluding hydrogens is 369 g/mol. The summed E-state index contributed by atoms with van der Waals surface area (Å²) in [4.78, 5) is 22.7. The Morgan fingerprint density at radius 1 is 1.21 bits per heavy atom. The molecule has 5 rings (SSSR count). The second-order valence-corrected chi connectivity index (χ2v) is 7.79. The first-order chi connectivity index (χ1) is 14.0. The van der Waals surface area contributed by atoms with Gasteiger partial charge >= 0.3 is 0 Å². The van der Waals surface area contributed by atoms with Crippen molar-refractivity contribution in [1.29, 1.82) is 0 Å². The van der Waals surface area contributed by atoms with Crippen molar-refractivity contribution in [2.24, 2.45) is 0 Å². The molecule has 3 aromatic rings. The smallest absolute Gasteiger partial charge is 0.258 e. The highest BCUT2D eigenvalue weighted by molar-refractivity contribution is 6.08. The molecule has 0 unspecified atom stereocenters. The monoisotopic (exact) mass is 387 g/mol. The average Bonchev–Trinajstić information content (AvgIpc) is 3.51. The summed E-state index contributed by atoms with van der Waals surface area (Å²) in [5.74, 6) is -0.626. The van der Waals surface area contributed by atoms with Crippen molar-refractivity contribution in [3.63, 3.8) is 0 Å². The number of halogens is 1. The van der Waals surface area contributed by atoms with E-state index in [2.05, 4.69) is 9.83 Å². The zero-order chi connectivity index (χ0) is 20.2. The molecule has 1 aliphatic heterocycles. The van der Waals surface area contributed by atoms with Gasteiger partial charge in [-0.3, -0.25) is 9.78 Å². The third kappa shape index (κ3) is 2.86. The van der Waals surface area contributed by atoms with Gasteiger partial charge < -0.3 is 14.9 Å². The number of hydrogen-bond donors (Lipinski definition) is 1. The molecular formula is C23H18FN3O2. The molecule has 1 aromatic heterocycles. The molecule has 1 saturated carbocycles. The number of likely N-dealkylation sites (tertiary alicyclic amines) is 1. The first kappa shape index (κ1) is 17.8. The molecule has 2 aromatic carbocycles. The zero-order valence-corrected chi connectivity index (χ0v) is 15.6. The van der Waals surface area contributed by atoms with Crippen LogP contribution >= 0.6 is 0 Å². The molecule has 29 heavy (non-hydrogen) atoms. The lowest BCUT2D eigenvalue weighted by Gasteiger charge is -2.36. The Bertz CT molecular complexity index is 1170. The van der Waals surface area contributed by atoms with E-state index in [0.717, 1.165) is 24.0 Å². The minimum atomic E-state index is -0.504. The molecule has 2 fully saturated rings. The van der Waals surface area contributed by atoms with Gasteiger partial charge in [0.25, 0.3) is 11.4 Å². The second-order valence-electron chi connectivity index (χ2n) is 7.79. The Hall–Kier alpha value is -3.30. The van der Waals surface area contributed by atoms with Crippen LogP contribution < -0.4 is 0 Å². The minimum absolute atomic E-state index is 0.229. The largest absolute Gasteiger partial charge is 0.389 e. The van der Waals surface area contributed by atoms with Gasteiger partial charge in [0.1, 0.15) is 5.82 Å². The van der Waals surface area contributed by atoms with Crippen molar-refractivity contribution < 1.29 is 14.3 Å². The highest BCUT2D eigenvalue weighted by atomic mass is 19.1. The highest BCUT2D eigenvalue weighted by Crippen LogP contribution is 2.50. The summed E-state index contributed by atoms with van der Waals surface area (Å²) >= 11 is 0. The number of aromatic nitrogens is 1. The van der Waals surface area contributed by atoms with Crippen molar-refractivity contribution >= 4 is 16.8 Å². The van der Waals surface area contributed by atoms with Crippen LogP contribution in [0.2, 0.25) is 0 Å². The van der Waals surface area contributed by atoms with Crippen molar-refractivity contribution in [3.8, 4) is 11.1 Å². The fourth-order valence-electron chi connectivity index (χ4n) is 3.96. The Labute approximate surface area is 167 Å². The number of benzene rings is 2. The van der Waals surface area contributed by atoms with Crippen LogP contribution in [0.1, 0.15) is 28.8 Å². The van der Waals surface area contributed by atoms with Gasteiger partial charge in [-0.2, -0.15) is 0 Å². The molecule has 5 nitrogen and oxygen atoms in total.